The molecule has 0 bridgehead atoms. The summed E-state index contributed by atoms with van der Waals surface area (Å²) in [6.45, 7) is 6.05. The van der Waals surface area contributed by atoms with Crippen molar-refractivity contribution in [2.24, 2.45) is 33.8 Å². The number of aliphatic imine (C=N–C) groups is 1. The number of rotatable bonds is 25. The van der Waals surface area contributed by atoms with Crippen LogP contribution in [0.25, 0.3) is 0 Å². The lowest BCUT2D eigenvalue weighted by Crippen LogP contribution is -2.51. The minimum atomic E-state index is -1.12. The van der Waals surface area contributed by atoms with Crippen molar-refractivity contribution < 1.29 is 43.5 Å². The number of amides is 4. The minimum absolute atomic E-state index is 0.0841. The molecule has 332 valence electrons. The Morgan fingerprint density at radius 3 is 2.02 bits per heavy atom. The Balaban J connectivity index is -0.000000240. The summed E-state index contributed by atoms with van der Waals surface area (Å²) in [4.78, 5) is 91.0. The van der Waals surface area contributed by atoms with E-state index in [1.165, 1.54) is 6.42 Å². The van der Waals surface area contributed by atoms with Crippen molar-refractivity contribution in [3.63, 3.8) is 0 Å². The molecule has 0 aliphatic heterocycles. The second-order valence-electron chi connectivity index (χ2n) is 12.0. The zero-order valence-corrected chi connectivity index (χ0v) is 35.5. The van der Waals surface area contributed by atoms with Gasteiger partial charge in [0.25, 0.3) is 0 Å². The predicted octanol–water partition coefficient (Wildman–Crippen LogP) is -1.79. The van der Waals surface area contributed by atoms with E-state index in [1.807, 2.05) is 6.92 Å². The number of aliphatic hydroxyl groups excluding tert-OH is 1. The molecule has 5 atom stereocenters. The van der Waals surface area contributed by atoms with Gasteiger partial charge in [-0.2, -0.15) is 11.8 Å². The number of terminal acetylenes is 1. The Bertz CT molecular complexity index is 1210. The number of ketones is 1. The Morgan fingerprint density at radius 2 is 1.59 bits per heavy atom. The van der Waals surface area contributed by atoms with Crippen molar-refractivity contribution in [2.45, 2.75) is 89.9 Å². The van der Waals surface area contributed by atoms with E-state index in [-0.39, 0.29) is 36.8 Å². The molecule has 14 N–H and O–H groups in total. The molecule has 1 rings (SSSR count). The normalized spacial score (nSPS) is 13.6. The Morgan fingerprint density at radius 1 is 0.966 bits per heavy atom. The van der Waals surface area contributed by atoms with Crippen molar-refractivity contribution >= 4 is 66.5 Å². The predicted molar refractivity (Wildman–Crippen MR) is 231 cm³/mol. The fourth-order valence-electron chi connectivity index (χ4n) is 3.85. The van der Waals surface area contributed by atoms with Gasteiger partial charge in [-0.3, -0.25) is 29.0 Å². The molecule has 0 saturated carbocycles. The monoisotopic (exact) mass is 843 g/mol. The van der Waals surface area contributed by atoms with Crippen LogP contribution in [0.1, 0.15) is 65.7 Å². The van der Waals surface area contributed by atoms with Gasteiger partial charge >= 0.3 is 0 Å². The number of nitrogens with one attached hydrogen (secondary N) is 5. The van der Waals surface area contributed by atoms with E-state index >= 15 is 0 Å². The number of aliphatic hydroxyl groups is 1. The molecule has 20 heteroatoms. The molecule has 0 fully saturated rings. The Labute approximate surface area is 348 Å². The summed E-state index contributed by atoms with van der Waals surface area (Å²) >= 11 is 1.59. The number of unbranched alkanes of at least 4 members (excludes halogenated alkanes) is 1. The van der Waals surface area contributed by atoms with Crippen LogP contribution in [0.4, 0.5) is 0 Å². The van der Waals surface area contributed by atoms with E-state index in [0.717, 1.165) is 37.9 Å². The molecule has 0 aromatic heterocycles. The molecule has 19 nitrogen and oxygen atoms in total. The van der Waals surface area contributed by atoms with Gasteiger partial charge < -0.3 is 69.0 Å². The molecule has 1 aliphatic rings. The van der Waals surface area contributed by atoms with Crippen LogP contribution in [0.5, 0.6) is 0 Å². The minimum Gasteiger partial charge on any atom is -0.400 e. The number of hydrogen-bond acceptors (Lipinski definition) is 14. The molecule has 4 amide bonds. The maximum Gasteiger partial charge on any atom is 0.243 e. The maximum absolute atomic E-state index is 11.9. The summed E-state index contributed by atoms with van der Waals surface area (Å²) in [7, 11) is 2.75. The Hall–Kier alpha value is -4.94. The standard InChI is InChI=1S/C15H25N5O6.C7H16N4O.C7H10.C6H13NOS.C2H2.CH4O/c16-7-13(24)20-12(4-6-21)15(26)18-8-14(25)19-11(9-22)3-1-2-5-17-10-23;1-10-6(5-12)3-2-4-11-7(8)9;1-7-5-3-2-4-6-7;1-5(7)3-9-4-6(2)8;2*1-2/h6,9-12H,1-5,7-8,16H2,(H,17,23)(H,18,26)(H,19,25)(H,20,24);5-6,10H,2-4H2,1H3,(H4,8,9,11);2-5,7H,6H2,1H3;5H,3-4,7H2,1-2H3;1-2H;2H,1H3/t11-,12-;6-;;5-;;/m00.1../s1. The molecule has 1 unspecified atom stereocenters. The van der Waals surface area contributed by atoms with Gasteiger partial charge in [-0.25, -0.2) is 0 Å². The molecular formula is C38H70N10O9S. The lowest BCUT2D eigenvalue weighted by atomic mass is 10.0. The van der Waals surface area contributed by atoms with Gasteiger partial charge in [-0.1, -0.05) is 31.2 Å². The number of Topliss-reactive ketones (excluding diaryl/α,β-unsaturated/α-hetero) is 1. The van der Waals surface area contributed by atoms with Gasteiger partial charge in [0.1, 0.15) is 30.7 Å². The van der Waals surface area contributed by atoms with E-state index in [0.29, 0.717) is 57.1 Å². The molecule has 58 heavy (non-hydrogen) atoms. The number of nitrogens with zero attached hydrogens (tertiary/aromatic N) is 1. The van der Waals surface area contributed by atoms with Crippen molar-refractivity contribution in [1.29, 1.82) is 0 Å². The molecule has 0 aromatic carbocycles. The number of guanidine groups is 1. The van der Waals surface area contributed by atoms with Gasteiger partial charge in [-0.15, -0.1) is 12.8 Å². The lowest BCUT2D eigenvalue weighted by Gasteiger charge is -2.17. The summed E-state index contributed by atoms with van der Waals surface area (Å²) in [6.07, 6.45) is 23.3. The van der Waals surface area contributed by atoms with Crippen LogP contribution >= 0.6 is 11.8 Å². The highest BCUT2D eigenvalue weighted by molar-refractivity contribution is 8.00. The second-order valence-corrected chi connectivity index (χ2v) is 13.1. The van der Waals surface area contributed by atoms with Crippen LogP contribution in [0.3, 0.4) is 0 Å². The van der Waals surface area contributed by atoms with Gasteiger partial charge in [0.2, 0.25) is 24.1 Å². The van der Waals surface area contributed by atoms with Crippen LogP contribution < -0.4 is 49.5 Å². The first-order valence-electron chi connectivity index (χ1n) is 18.4. The van der Waals surface area contributed by atoms with Crippen molar-refractivity contribution in [3.05, 3.63) is 24.3 Å². The first-order chi connectivity index (χ1) is 27.7. The highest BCUT2D eigenvalue weighted by Crippen LogP contribution is 2.08. The molecule has 1 aliphatic carbocycles. The van der Waals surface area contributed by atoms with Crippen LogP contribution in [-0.4, -0.2) is 136 Å². The average Bonchev–Trinajstić information content (AvgIpc) is 3.21. The van der Waals surface area contributed by atoms with Crippen LogP contribution in [0.2, 0.25) is 0 Å². The van der Waals surface area contributed by atoms with Crippen molar-refractivity contribution in [2.75, 3.05) is 51.8 Å². The van der Waals surface area contributed by atoms with E-state index < -0.39 is 36.3 Å². The quantitative estimate of drug-likeness (QED) is 0.0160. The molecule has 0 saturated heterocycles. The summed E-state index contributed by atoms with van der Waals surface area (Å²) in [6, 6.07) is -1.71. The smallest absolute Gasteiger partial charge is 0.243 e. The highest BCUT2D eigenvalue weighted by atomic mass is 32.2. The van der Waals surface area contributed by atoms with Crippen molar-refractivity contribution in [3.8, 4) is 12.8 Å². The third-order valence-corrected chi connectivity index (χ3v) is 8.03. The maximum atomic E-state index is 11.9. The summed E-state index contributed by atoms with van der Waals surface area (Å²) in [5.74, 6) is 0.656. The van der Waals surface area contributed by atoms with E-state index in [4.69, 9.17) is 28.0 Å². The first kappa shape index (κ1) is 62.3. The lowest BCUT2D eigenvalue weighted by molar-refractivity contribution is -0.131. The van der Waals surface area contributed by atoms with Crippen LogP contribution in [-0.2, 0) is 38.4 Å². The van der Waals surface area contributed by atoms with E-state index in [1.54, 1.807) is 25.7 Å². The number of aldehydes is 3. The third kappa shape index (κ3) is 49.1. The molecule has 0 aromatic rings. The number of thioether (sulfide) groups is 1. The molecule has 0 spiro atoms. The average molecular weight is 843 g/mol. The molecular weight excluding hydrogens is 773 g/mol. The summed E-state index contributed by atoms with van der Waals surface area (Å²) in [5, 5.41) is 19.3. The van der Waals surface area contributed by atoms with Crippen LogP contribution in [0, 0.1) is 18.8 Å². The number of likely N-dealkylation sites (N-methyl/N-ethyl adjacent to an activating group) is 1. The number of carbonyl (C=O) groups excluding carboxylic acids is 8. The Kier molecular flexibility index (Phi) is 51.8. The number of carbonyl (C=O) groups is 8. The summed E-state index contributed by atoms with van der Waals surface area (Å²) in [5.41, 5.74) is 20.8. The number of allylic oxidation sites excluding steroid dienone is 4. The van der Waals surface area contributed by atoms with Gasteiger partial charge in [0.15, 0.2) is 5.96 Å². The SMILES string of the molecule is C#C.CC(=O)CSC[C@@H](C)N.CC1C=CC=CC1.CN[C@H](C=O)CCCN=C(N)N.CO.NCC(=O)N[C@@H](CC=O)C(=O)NCC(=O)N[C@H](C=O)CCCCNC=O. The number of nitrogens with two attached hydrogens (primary N) is 4. The summed E-state index contributed by atoms with van der Waals surface area (Å²) < 4.78 is 0. The fraction of sp³-hybridized carbons (Fsp3) is 0.605. The second kappa shape index (κ2) is 48.2. The molecule has 0 heterocycles. The van der Waals surface area contributed by atoms with Gasteiger partial charge in [0, 0.05) is 38.4 Å². The van der Waals surface area contributed by atoms with Gasteiger partial charge in [-0.05, 0) is 65.3 Å². The van der Waals surface area contributed by atoms with E-state index in [9.17, 15) is 38.4 Å². The molecule has 0 radical (unpaired) electrons. The zero-order valence-electron chi connectivity index (χ0n) is 34.7. The first-order valence-corrected chi connectivity index (χ1v) is 19.6. The number of hydrogen-bond donors (Lipinski definition) is 10. The fourth-order valence-corrected chi connectivity index (χ4v) is 4.62. The topological polar surface area (TPSA) is 333 Å². The van der Waals surface area contributed by atoms with E-state index in [2.05, 4.69) is 75.7 Å². The van der Waals surface area contributed by atoms with Crippen molar-refractivity contribution in [1.82, 2.24) is 26.6 Å². The highest BCUT2D eigenvalue weighted by Gasteiger charge is 2.21. The largest absolute Gasteiger partial charge is 0.400 e. The zero-order chi connectivity index (χ0) is 45.6. The third-order valence-electron chi connectivity index (χ3n) is 6.66. The van der Waals surface area contributed by atoms with Gasteiger partial charge in [0.05, 0.1) is 30.9 Å². The van der Waals surface area contributed by atoms with Crippen LogP contribution in [0.15, 0.2) is 29.3 Å².